The van der Waals surface area contributed by atoms with E-state index in [1.54, 1.807) is 0 Å². The predicted octanol–water partition coefficient (Wildman–Crippen LogP) is 3.11. The van der Waals surface area contributed by atoms with Crippen molar-refractivity contribution in [3.05, 3.63) is 17.0 Å². The van der Waals surface area contributed by atoms with Gasteiger partial charge < -0.3 is 0 Å². The van der Waals surface area contributed by atoms with Crippen LogP contribution in [0.1, 0.15) is 37.2 Å². The van der Waals surface area contributed by atoms with Crippen LogP contribution in [0.5, 0.6) is 0 Å². The Hall–Kier alpha value is -0.570. The van der Waals surface area contributed by atoms with E-state index in [-0.39, 0.29) is 6.67 Å². The summed E-state index contributed by atoms with van der Waals surface area (Å²) in [4.78, 5) is 0. The molecule has 0 saturated carbocycles. The average Bonchev–Trinajstić information content (AvgIpc) is 2.62. The lowest BCUT2D eigenvalue weighted by Gasteiger charge is -2.04. The molecular formula is C11H18ClFN2. The first-order valence-corrected chi connectivity index (χ1v) is 6.01. The van der Waals surface area contributed by atoms with Crippen LogP contribution in [0.25, 0.3) is 0 Å². The molecule has 1 aromatic rings. The number of alkyl halides is 2. The van der Waals surface area contributed by atoms with Gasteiger partial charge in [-0.1, -0.05) is 13.8 Å². The third kappa shape index (κ3) is 2.71. The maximum atomic E-state index is 12.1. The zero-order chi connectivity index (χ0) is 11.3. The van der Waals surface area contributed by atoms with Crippen molar-refractivity contribution in [1.82, 2.24) is 9.78 Å². The number of hydrogen-bond donors (Lipinski definition) is 0. The van der Waals surface area contributed by atoms with Crippen LogP contribution in [0, 0.1) is 0 Å². The molecule has 1 aromatic heterocycles. The van der Waals surface area contributed by atoms with Gasteiger partial charge in [-0.15, -0.1) is 11.6 Å². The van der Waals surface area contributed by atoms with Crippen molar-refractivity contribution in [2.45, 2.75) is 45.5 Å². The Bertz CT molecular complexity index is 310. The number of nitrogens with zero attached hydrogens (tertiary/aromatic N) is 2. The first-order chi connectivity index (χ1) is 7.28. The SMILES string of the molecule is CCc1nn(CCCF)c(CC)c1CCl. The molecule has 1 heterocycles. The predicted molar refractivity (Wildman–Crippen MR) is 61.1 cm³/mol. The van der Waals surface area contributed by atoms with Crippen molar-refractivity contribution in [3.8, 4) is 0 Å². The quantitative estimate of drug-likeness (QED) is 0.690. The van der Waals surface area contributed by atoms with Crippen LogP contribution >= 0.6 is 11.6 Å². The normalized spacial score (nSPS) is 10.9. The molecule has 0 radical (unpaired) electrons. The van der Waals surface area contributed by atoms with Crippen molar-refractivity contribution >= 4 is 11.6 Å². The average molecular weight is 233 g/mol. The molecule has 0 bridgehead atoms. The summed E-state index contributed by atoms with van der Waals surface area (Å²) in [6, 6.07) is 0. The minimum atomic E-state index is -0.291. The fraction of sp³-hybridized carbons (Fsp3) is 0.727. The second-order valence-electron chi connectivity index (χ2n) is 3.48. The topological polar surface area (TPSA) is 17.8 Å². The Kier molecular flexibility index (Phi) is 5.09. The molecule has 4 heteroatoms. The van der Waals surface area contributed by atoms with Crippen molar-refractivity contribution in [2.24, 2.45) is 0 Å². The van der Waals surface area contributed by atoms with Crippen molar-refractivity contribution in [3.63, 3.8) is 0 Å². The number of aromatic nitrogens is 2. The fourth-order valence-electron chi connectivity index (χ4n) is 1.82. The molecule has 0 aliphatic heterocycles. The third-order valence-electron chi connectivity index (χ3n) is 2.56. The summed E-state index contributed by atoms with van der Waals surface area (Å²) in [7, 11) is 0. The number of rotatable bonds is 6. The number of hydrogen-bond acceptors (Lipinski definition) is 1. The summed E-state index contributed by atoms with van der Waals surface area (Å²) in [5.41, 5.74) is 3.36. The van der Waals surface area contributed by atoms with Gasteiger partial charge >= 0.3 is 0 Å². The second kappa shape index (κ2) is 6.11. The molecule has 15 heavy (non-hydrogen) atoms. The van der Waals surface area contributed by atoms with Crippen LogP contribution in [0.15, 0.2) is 0 Å². The minimum absolute atomic E-state index is 0.291. The summed E-state index contributed by atoms with van der Waals surface area (Å²) in [6.45, 7) is 4.51. The summed E-state index contributed by atoms with van der Waals surface area (Å²) >= 11 is 5.91. The Labute approximate surface area is 95.4 Å². The van der Waals surface area contributed by atoms with Crippen LogP contribution in [0.2, 0.25) is 0 Å². The van der Waals surface area contributed by atoms with E-state index in [0.29, 0.717) is 18.8 Å². The molecule has 0 fully saturated rings. The van der Waals surface area contributed by atoms with E-state index in [1.807, 2.05) is 4.68 Å². The highest BCUT2D eigenvalue weighted by atomic mass is 35.5. The van der Waals surface area contributed by atoms with Crippen LogP contribution in [-0.2, 0) is 25.3 Å². The molecule has 0 amide bonds. The van der Waals surface area contributed by atoms with E-state index in [1.165, 1.54) is 0 Å². The molecule has 0 N–H and O–H groups in total. The fourth-order valence-corrected chi connectivity index (χ4v) is 2.13. The van der Waals surface area contributed by atoms with Gasteiger partial charge in [0.2, 0.25) is 0 Å². The Morgan fingerprint density at radius 2 is 2.07 bits per heavy atom. The van der Waals surface area contributed by atoms with Crippen LogP contribution in [-0.4, -0.2) is 16.5 Å². The molecule has 0 aliphatic carbocycles. The molecule has 0 spiro atoms. The van der Waals surface area contributed by atoms with Crippen LogP contribution < -0.4 is 0 Å². The number of halogens is 2. The van der Waals surface area contributed by atoms with Gasteiger partial charge in [0.15, 0.2) is 0 Å². The molecule has 0 unspecified atom stereocenters. The zero-order valence-corrected chi connectivity index (χ0v) is 10.1. The lowest BCUT2D eigenvalue weighted by Crippen LogP contribution is -2.06. The highest BCUT2D eigenvalue weighted by molar-refractivity contribution is 6.17. The lowest BCUT2D eigenvalue weighted by atomic mass is 10.1. The molecule has 0 aliphatic rings. The van der Waals surface area contributed by atoms with Crippen LogP contribution in [0.4, 0.5) is 4.39 Å². The van der Waals surface area contributed by atoms with Gasteiger partial charge in [-0.25, -0.2) is 0 Å². The first kappa shape index (κ1) is 12.5. The standard InChI is InChI=1S/C11H18ClFN2/c1-3-10-9(8-12)11(4-2)15(14-10)7-5-6-13/h3-8H2,1-2H3. The van der Waals surface area contributed by atoms with E-state index in [2.05, 4.69) is 18.9 Å². The smallest absolute Gasteiger partial charge is 0.0912 e. The molecule has 1 rings (SSSR count). The molecule has 86 valence electrons. The van der Waals surface area contributed by atoms with Crippen molar-refractivity contribution in [2.75, 3.05) is 6.67 Å². The number of aryl methyl sites for hydroxylation is 2. The zero-order valence-electron chi connectivity index (χ0n) is 9.39. The van der Waals surface area contributed by atoms with E-state index < -0.39 is 0 Å². The Balaban J connectivity index is 2.98. The monoisotopic (exact) mass is 232 g/mol. The second-order valence-corrected chi connectivity index (χ2v) is 3.75. The lowest BCUT2D eigenvalue weighted by molar-refractivity contribution is 0.429. The summed E-state index contributed by atoms with van der Waals surface area (Å²) < 4.78 is 14.0. The Morgan fingerprint density at radius 1 is 1.33 bits per heavy atom. The van der Waals surface area contributed by atoms with Gasteiger partial charge in [-0.05, 0) is 19.3 Å². The first-order valence-electron chi connectivity index (χ1n) is 5.47. The molecule has 0 aromatic carbocycles. The van der Waals surface area contributed by atoms with Gasteiger partial charge in [0.25, 0.3) is 0 Å². The van der Waals surface area contributed by atoms with E-state index in [0.717, 1.165) is 29.8 Å². The summed E-state index contributed by atoms with van der Waals surface area (Å²) in [5, 5.41) is 4.47. The van der Waals surface area contributed by atoms with E-state index in [9.17, 15) is 4.39 Å². The summed E-state index contributed by atoms with van der Waals surface area (Å²) in [6.07, 6.45) is 2.32. The minimum Gasteiger partial charge on any atom is -0.269 e. The molecule has 0 atom stereocenters. The highest BCUT2D eigenvalue weighted by Crippen LogP contribution is 2.18. The molecule has 0 saturated heterocycles. The largest absolute Gasteiger partial charge is 0.269 e. The van der Waals surface area contributed by atoms with Gasteiger partial charge in [-0.2, -0.15) is 5.10 Å². The van der Waals surface area contributed by atoms with Gasteiger partial charge in [0.05, 0.1) is 18.2 Å². The maximum Gasteiger partial charge on any atom is 0.0912 e. The van der Waals surface area contributed by atoms with E-state index >= 15 is 0 Å². The van der Waals surface area contributed by atoms with E-state index in [4.69, 9.17) is 11.6 Å². The van der Waals surface area contributed by atoms with Crippen molar-refractivity contribution < 1.29 is 4.39 Å². The van der Waals surface area contributed by atoms with Crippen molar-refractivity contribution in [1.29, 1.82) is 0 Å². The third-order valence-corrected chi connectivity index (χ3v) is 2.82. The van der Waals surface area contributed by atoms with Gasteiger partial charge in [0, 0.05) is 17.8 Å². The van der Waals surface area contributed by atoms with Gasteiger partial charge in [-0.3, -0.25) is 9.07 Å². The van der Waals surface area contributed by atoms with Crippen LogP contribution in [0.3, 0.4) is 0 Å². The highest BCUT2D eigenvalue weighted by Gasteiger charge is 2.13. The Morgan fingerprint density at radius 3 is 2.53 bits per heavy atom. The summed E-state index contributed by atoms with van der Waals surface area (Å²) in [5.74, 6) is 0.502. The molecule has 2 nitrogen and oxygen atoms in total. The van der Waals surface area contributed by atoms with Gasteiger partial charge in [0.1, 0.15) is 0 Å². The maximum absolute atomic E-state index is 12.1. The molecular weight excluding hydrogens is 215 g/mol.